The second kappa shape index (κ2) is 9.47. The van der Waals surface area contributed by atoms with Gasteiger partial charge in [-0.15, -0.1) is 0 Å². The van der Waals surface area contributed by atoms with Crippen LogP contribution in [0.1, 0.15) is 37.0 Å². The highest BCUT2D eigenvalue weighted by Gasteiger charge is 2.39. The Labute approximate surface area is 183 Å². The van der Waals surface area contributed by atoms with E-state index in [1.54, 1.807) is 4.90 Å². The van der Waals surface area contributed by atoms with Gasteiger partial charge in [0.1, 0.15) is 5.25 Å². The van der Waals surface area contributed by atoms with Crippen molar-refractivity contribution in [3.05, 3.63) is 59.2 Å². The van der Waals surface area contributed by atoms with Crippen LogP contribution in [0, 0.1) is 26.7 Å². The summed E-state index contributed by atoms with van der Waals surface area (Å²) in [4.78, 5) is 32.2. The first-order valence-corrected chi connectivity index (χ1v) is 11.1. The largest absolute Gasteiger partial charge is 0.326 e. The van der Waals surface area contributed by atoms with Gasteiger partial charge in [-0.1, -0.05) is 61.5 Å². The standard InChI is InChI=1S/C24H29N3O2S/c1-15(2)14-27-23(29)20(30-24(27)25-19-11-9-16(3)10-12-19)13-21(28)26-22-17(4)7-6-8-18(22)5/h6-12,15,20H,13-14H2,1-5H3,(H,26,28)/t20-/m0/s1. The summed E-state index contributed by atoms with van der Waals surface area (Å²) in [7, 11) is 0. The number of carbonyl (C=O) groups excluding carboxylic acids is 2. The van der Waals surface area contributed by atoms with Crippen LogP contribution in [0.25, 0.3) is 0 Å². The third kappa shape index (κ3) is 5.30. The predicted octanol–water partition coefficient (Wildman–Crippen LogP) is 5.23. The molecule has 0 bridgehead atoms. The third-order valence-corrected chi connectivity index (χ3v) is 6.12. The van der Waals surface area contributed by atoms with Crippen molar-refractivity contribution < 1.29 is 9.59 Å². The van der Waals surface area contributed by atoms with Gasteiger partial charge in [-0.3, -0.25) is 14.5 Å². The summed E-state index contributed by atoms with van der Waals surface area (Å²) in [6, 6.07) is 13.8. The number of hydrogen-bond acceptors (Lipinski definition) is 4. The minimum absolute atomic E-state index is 0.0452. The fraction of sp³-hybridized carbons (Fsp3) is 0.375. The second-order valence-electron chi connectivity index (χ2n) is 8.20. The molecule has 0 saturated carbocycles. The van der Waals surface area contributed by atoms with E-state index in [2.05, 4.69) is 19.2 Å². The van der Waals surface area contributed by atoms with E-state index in [9.17, 15) is 9.59 Å². The lowest BCUT2D eigenvalue weighted by atomic mass is 10.1. The topological polar surface area (TPSA) is 61.8 Å². The van der Waals surface area contributed by atoms with E-state index >= 15 is 0 Å². The number of anilines is 1. The Hall–Kier alpha value is -2.60. The molecule has 30 heavy (non-hydrogen) atoms. The summed E-state index contributed by atoms with van der Waals surface area (Å²) in [5.74, 6) is 0.107. The molecule has 1 heterocycles. The van der Waals surface area contributed by atoms with E-state index in [1.165, 1.54) is 11.8 Å². The second-order valence-corrected chi connectivity index (χ2v) is 9.37. The molecular weight excluding hydrogens is 394 g/mol. The number of rotatable bonds is 6. The molecule has 2 amide bonds. The van der Waals surface area contributed by atoms with Gasteiger partial charge >= 0.3 is 0 Å². The fourth-order valence-electron chi connectivity index (χ4n) is 3.36. The maximum atomic E-state index is 13.1. The van der Waals surface area contributed by atoms with Crippen molar-refractivity contribution in [2.75, 3.05) is 11.9 Å². The highest BCUT2D eigenvalue weighted by Crippen LogP contribution is 2.33. The Balaban J connectivity index is 1.77. The first kappa shape index (κ1) is 22.1. The molecule has 0 aliphatic carbocycles. The SMILES string of the molecule is Cc1ccc(N=C2S[C@@H](CC(=O)Nc3c(C)cccc3C)C(=O)N2CC(C)C)cc1. The summed E-state index contributed by atoms with van der Waals surface area (Å²) in [6.07, 6.45) is 0.124. The number of thioether (sulfide) groups is 1. The van der Waals surface area contributed by atoms with Crippen LogP contribution in [0.5, 0.6) is 0 Å². The van der Waals surface area contributed by atoms with Crippen molar-refractivity contribution in [2.45, 2.75) is 46.3 Å². The van der Waals surface area contributed by atoms with E-state index < -0.39 is 5.25 Å². The summed E-state index contributed by atoms with van der Waals surface area (Å²) in [5, 5.41) is 3.20. The van der Waals surface area contributed by atoms with Crippen molar-refractivity contribution >= 4 is 40.1 Å². The highest BCUT2D eigenvalue weighted by molar-refractivity contribution is 8.15. The van der Waals surface area contributed by atoms with Gasteiger partial charge in [0.15, 0.2) is 5.17 Å². The van der Waals surface area contributed by atoms with Crippen LogP contribution < -0.4 is 5.32 Å². The molecule has 0 radical (unpaired) electrons. The molecule has 1 aliphatic heterocycles. The molecular formula is C24H29N3O2S. The number of hydrogen-bond donors (Lipinski definition) is 1. The lowest BCUT2D eigenvalue weighted by Gasteiger charge is -2.18. The summed E-state index contributed by atoms with van der Waals surface area (Å²) in [5.41, 5.74) is 4.82. The molecule has 1 aliphatic rings. The molecule has 0 aromatic heterocycles. The molecule has 5 nitrogen and oxygen atoms in total. The Bertz CT molecular complexity index is 947. The van der Waals surface area contributed by atoms with Gasteiger partial charge in [0, 0.05) is 18.7 Å². The van der Waals surface area contributed by atoms with Crippen molar-refractivity contribution in [3.63, 3.8) is 0 Å². The molecule has 158 valence electrons. The average molecular weight is 424 g/mol. The number of para-hydroxylation sites is 1. The van der Waals surface area contributed by atoms with Crippen molar-refractivity contribution in [1.29, 1.82) is 0 Å². The minimum Gasteiger partial charge on any atom is -0.326 e. The molecule has 1 saturated heterocycles. The maximum Gasteiger partial charge on any atom is 0.242 e. The zero-order valence-electron chi connectivity index (χ0n) is 18.2. The van der Waals surface area contributed by atoms with Crippen LogP contribution in [-0.4, -0.2) is 33.7 Å². The van der Waals surface area contributed by atoms with E-state index in [0.717, 1.165) is 28.1 Å². The van der Waals surface area contributed by atoms with Gasteiger partial charge in [0.2, 0.25) is 11.8 Å². The van der Waals surface area contributed by atoms with Crippen LogP contribution in [0.4, 0.5) is 11.4 Å². The average Bonchev–Trinajstić information content (AvgIpc) is 2.95. The lowest BCUT2D eigenvalue weighted by molar-refractivity contribution is -0.128. The number of nitrogens with one attached hydrogen (secondary N) is 1. The Morgan fingerprint density at radius 3 is 2.33 bits per heavy atom. The number of amides is 2. The number of nitrogens with zero attached hydrogens (tertiary/aromatic N) is 2. The smallest absolute Gasteiger partial charge is 0.242 e. The molecule has 0 unspecified atom stereocenters. The number of benzene rings is 2. The summed E-state index contributed by atoms with van der Waals surface area (Å²) in [6.45, 7) is 10.7. The van der Waals surface area contributed by atoms with Crippen LogP contribution >= 0.6 is 11.8 Å². The molecule has 1 N–H and O–H groups in total. The Morgan fingerprint density at radius 1 is 1.10 bits per heavy atom. The van der Waals surface area contributed by atoms with Crippen molar-refractivity contribution in [2.24, 2.45) is 10.9 Å². The number of carbonyl (C=O) groups is 2. The molecule has 3 rings (SSSR count). The number of aliphatic imine (C=N–C) groups is 1. The van der Waals surface area contributed by atoms with Gasteiger partial charge in [-0.2, -0.15) is 0 Å². The van der Waals surface area contributed by atoms with E-state index in [4.69, 9.17) is 4.99 Å². The van der Waals surface area contributed by atoms with Gasteiger partial charge in [0.25, 0.3) is 0 Å². The number of aryl methyl sites for hydroxylation is 3. The molecule has 2 aromatic rings. The van der Waals surface area contributed by atoms with Gasteiger partial charge < -0.3 is 5.32 Å². The van der Waals surface area contributed by atoms with Gasteiger partial charge in [-0.25, -0.2) is 4.99 Å². The summed E-state index contributed by atoms with van der Waals surface area (Å²) < 4.78 is 0. The van der Waals surface area contributed by atoms with Crippen molar-refractivity contribution in [1.82, 2.24) is 4.90 Å². The number of amidine groups is 1. The summed E-state index contributed by atoms with van der Waals surface area (Å²) >= 11 is 1.38. The zero-order valence-corrected chi connectivity index (χ0v) is 19.0. The molecule has 1 atom stereocenters. The lowest BCUT2D eigenvalue weighted by Crippen LogP contribution is -2.36. The first-order chi connectivity index (χ1) is 14.2. The first-order valence-electron chi connectivity index (χ1n) is 10.2. The van der Waals surface area contributed by atoms with Crippen molar-refractivity contribution in [3.8, 4) is 0 Å². The molecule has 1 fully saturated rings. The predicted molar refractivity (Wildman–Crippen MR) is 125 cm³/mol. The van der Waals surface area contributed by atoms with Crippen LogP contribution in [0.3, 0.4) is 0 Å². The van der Waals surface area contributed by atoms with E-state index in [0.29, 0.717) is 17.6 Å². The Morgan fingerprint density at radius 2 is 1.73 bits per heavy atom. The third-order valence-electron chi connectivity index (χ3n) is 4.94. The van der Waals surface area contributed by atoms with Crippen LogP contribution in [0.15, 0.2) is 47.5 Å². The Kier molecular flexibility index (Phi) is 6.98. The van der Waals surface area contributed by atoms with E-state index in [-0.39, 0.29) is 18.2 Å². The fourth-order valence-corrected chi connectivity index (χ4v) is 4.53. The quantitative estimate of drug-likeness (QED) is 0.692. The van der Waals surface area contributed by atoms with Crippen LogP contribution in [-0.2, 0) is 9.59 Å². The van der Waals surface area contributed by atoms with E-state index in [1.807, 2.05) is 63.2 Å². The zero-order chi connectivity index (χ0) is 21.8. The monoisotopic (exact) mass is 423 g/mol. The molecule has 2 aromatic carbocycles. The highest BCUT2D eigenvalue weighted by atomic mass is 32.2. The molecule has 0 spiro atoms. The van der Waals surface area contributed by atoms with Crippen LogP contribution in [0.2, 0.25) is 0 Å². The molecule has 6 heteroatoms. The maximum absolute atomic E-state index is 13.1. The van der Waals surface area contributed by atoms with Gasteiger partial charge in [0.05, 0.1) is 5.69 Å². The van der Waals surface area contributed by atoms with Gasteiger partial charge in [-0.05, 0) is 49.9 Å². The normalized spacial score (nSPS) is 17.8. The minimum atomic E-state index is -0.461.